The minimum Gasteiger partial charge on any atom is -0.465 e. The van der Waals surface area contributed by atoms with E-state index in [9.17, 15) is 4.79 Å². The number of thiocarbonyl (C=S) groups is 1. The second-order valence-corrected chi connectivity index (χ2v) is 9.86. The number of carbonyl (C=O) groups excluding carboxylic acids is 1. The van der Waals surface area contributed by atoms with Crippen LogP contribution in [0.4, 0.5) is 10.8 Å². The number of hydrogen-bond donors (Lipinski definition) is 2. The van der Waals surface area contributed by atoms with E-state index in [1.54, 1.807) is 16.8 Å². The third-order valence-corrected chi connectivity index (χ3v) is 6.91. The van der Waals surface area contributed by atoms with Gasteiger partial charge < -0.3 is 15.4 Å². The van der Waals surface area contributed by atoms with Gasteiger partial charge in [-0.25, -0.2) is 4.79 Å². The number of methoxy groups -OCH3 is 1. The Morgan fingerprint density at radius 2 is 2.10 bits per heavy atom. The van der Waals surface area contributed by atoms with Gasteiger partial charge in [-0.3, -0.25) is 4.68 Å². The van der Waals surface area contributed by atoms with Crippen molar-refractivity contribution in [1.82, 2.24) is 9.78 Å². The fourth-order valence-electron chi connectivity index (χ4n) is 3.04. The van der Waals surface area contributed by atoms with E-state index in [0.29, 0.717) is 38.1 Å². The summed E-state index contributed by atoms with van der Waals surface area (Å²) < 4.78 is 7.41. The van der Waals surface area contributed by atoms with Crippen molar-refractivity contribution in [3.8, 4) is 0 Å². The molecule has 3 aromatic rings. The molecule has 0 aliphatic rings. The summed E-state index contributed by atoms with van der Waals surface area (Å²) in [6.45, 7) is 4.43. The van der Waals surface area contributed by atoms with Gasteiger partial charge in [0.05, 0.1) is 23.7 Å². The van der Waals surface area contributed by atoms with Gasteiger partial charge in [0.15, 0.2) is 10.9 Å². The summed E-state index contributed by atoms with van der Waals surface area (Å²) in [6, 6.07) is 5.34. The van der Waals surface area contributed by atoms with E-state index in [-0.39, 0.29) is 0 Å². The average Bonchev–Trinajstić information content (AvgIpc) is 3.21. The van der Waals surface area contributed by atoms with Crippen LogP contribution >= 0.6 is 62.7 Å². The predicted molar refractivity (Wildman–Crippen MR) is 135 cm³/mol. The summed E-state index contributed by atoms with van der Waals surface area (Å²) in [5.41, 5.74) is 2.35. The number of carbonyl (C=O) groups is 1. The Kier molecular flexibility index (Phi) is 7.98. The number of esters is 1. The van der Waals surface area contributed by atoms with Gasteiger partial charge in [-0.2, -0.15) is 5.10 Å². The van der Waals surface area contributed by atoms with Crippen LogP contribution in [-0.2, 0) is 17.7 Å². The normalized spacial score (nSPS) is 10.8. The minimum absolute atomic E-state index is 0.310. The lowest BCUT2D eigenvalue weighted by atomic mass is 10.1. The van der Waals surface area contributed by atoms with Crippen molar-refractivity contribution in [2.75, 3.05) is 17.7 Å². The SMILES string of the molecule is CCc1c(C)sc(NC(=S)Nc2nn(Cc3ccc(Cl)cc3Cl)cc2Br)c1C(=O)OC. The van der Waals surface area contributed by atoms with Crippen LogP contribution in [0.3, 0.4) is 0 Å². The van der Waals surface area contributed by atoms with Crippen LogP contribution in [0.15, 0.2) is 28.9 Å². The fraction of sp³-hybridized carbons (Fsp3) is 0.250. The molecule has 0 aliphatic carbocycles. The molecule has 164 valence electrons. The molecule has 0 atom stereocenters. The summed E-state index contributed by atoms with van der Waals surface area (Å²) in [7, 11) is 1.37. The largest absolute Gasteiger partial charge is 0.465 e. The van der Waals surface area contributed by atoms with Crippen molar-refractivity contribution in [2.45, 2.75) is 26.8 Å². The standard InChI is InChI=1S/C20H19BrCl2N4O2S2/c1-4-13-10(2)31-18(16(13)19(28)29-3)25-20(30)24-17-14(21)9-27(26-17)8-11-5-6-12(22)7-15(11)23/h5-7,9H,4,8H2,1-3H3,(H2,24,25,26,30). The van der Waals surface area contributed by atoms with E-state index >= 15 is 0 Å². The van der Waals surface area contributed by atoms with Crippen molar-refractivity contribution in [1.29, 1.82) is 0 Å². The zero-order valence-corrected chi connectivity index (χ0v) is 21.6. The molecule has 2 N–H and O–H groups in total. The van der Waals surface area contributed by atoms with Gasteiger partial charge in [-0.05, 0) is 64.8 Å². The Labute approximate surface area is 208 Å². The molecule has 0 radical (unpaired) electrons. The Hall–Kier alpha value is -1.65. The molecule has 31 heavy (non-hydrogen) atoms. The molecular weight excluding hydrogens is 543 g/mol. The molecule has 0 saturated carbocycles. The number of nitrogens with one attached hydrogen (secondary N) is 2. The Morgan fingerprint density at radius 1 is 1.35 bits per heavy atom. The molecule has 3 rings (SSSR count). The lowest BCUT2D eigenvalue weighted by molar-refractivity contribution is 0.0601. The number of hydrogen-bond acceptors (Lipinski definition) is 5. The van der Waals surface area contributed by atoms with Gasteiger partial charge in [-0.15, -0.1) is 11.3 Å². The van der Waals surface area contributed by atoms with Gasteiger partial charge >= 0.3 is 5.97 Å². The number of thiophene rings is 1. The average molecular weight is 562 g/mol. The van der Waals surface area contributed by atoms with Crippen LogP contribution in [-0.4, -0.2) is 28.0 Å². The van der Waals surface area contributed by atoms with E-state index in [4.69, 9.17) is 40.2 Å². The van der Waals surface area contributed by atoms with E-state index in [0.717, 1.165) is 26.9 Å². The monoisotopic (exact) mass is 560 g/mol. The molecule has 1 aromatic carbocycles. The van der Waals surface area contributed by atoms with E-state index in [1.165, 1.54) is 18.4 Å². The first-order chi connectivity index (χ1) is 14.7. The number of halogens is 3. The van der Waals surface area contributed by atoms with Crippen LogP contribution in [0.2, 0.25) is 10.0 Å². The number of rotatable bonds is 6. The lowest BCUT2D eigenvalue weighted by Gasteiger charge is -2.10. The molecule has 0 unspecified atom stereocenters. The molecule has 2 heterocycles. The topological polar surface area (TPSA) is 68.2 Å². The van der Waals surface area contributed by atoms with Crippen molar-refractivity contribution in [3.05, 3.63) is 60.5 Å². The molecule has 0 fully saturated rings. The highest BCUT2D eigenvalue weighted by molar-refractivity contribution is 9.10. The van der Waals surface area contributed by atoms with Gasteiger partial charge in [0.25, 0.3) is 0 Å². The lowest BCUT2D eigenvalue weighted by Crippen LogP contribution is -2.21. The van der Waals surface area contributed by atoms with Crippen LogP contribution in [0, 0.1) is 6.92 Å². The molecular formula is C20H19BrCl2N4O2S2. The Morgan fingerprint density at radius 3 is 2.74 bits per heavy atom. The van der Waals surface area contributed by atoms with Gasteiger partial charge in [0.2, 0.25) is 0 Å². The predicted octanol–water partition coefficient (Wildman–Crippen LogP) is 6.53. The Balaban J connectivity index is 1.75. The molecule has 6 nitrogen and oxygen atoms in total. The third kappa shape index (κ3) is 5.59. The maximum Gasteiger partial charge on any atom is 0.341 e. The number of aryl methyl sites for hydroxylation is 1. The molecule has 0 amide bonds. The highest BCUT2D eigenvalue weighted by Crippen LogP contribution is 2.34. The van der Waals surface area contributed by atoms with Crippen LogP contribution in [0.25, 0.3) is 0 Å². The van der Waals surface area contributed by atoms with Crippen LogP contribution in [0.5, 0.6) is 0 Å². The molecule has 0 bridgehead atoms. The maximum atomic E-state index is 12.3. The smallest absolute Gasteiger partial charge is 0.341 e. The quantitative estimate of drug-likeness (QED) is 0.263. The summed E-state index contributed by atoms with van der Waals surface area (Å²) in [5, 5.41) is 12.8. The number of ether oxygens (including phenoxy) is 1. The first-order valence-electron chi connectivity index (χ1n) is 9.18. The van der Waals surface area contributed by atoms with Crippen LogP contribution < -0.4 is 10.6 Å². The Bertz CT molecular complexity index is 1150. The molecule has 2 aromatic heterocycles. The molecule has 0 saturated heterocycles. The summed E-state index contributed by atoms with van der Waals surface area (Å²) >= 11 is 22.6. The first-order valence-corrected chi connectivity index (χ1v) is 12.0. The van der Waals surface area contributed by atoms with Crippen molar-refractivity contribution >= 4 is 84.6 Å². The number of nitrogens with zero attached hydrogens (tertiary/aromatic N) is 2. The van der Waals surface area contributed by atoms with Crippen molar-refractivity contribution in [3.63, 3.8) is 0 Å². The fourth-order valence-corrected chi connectivity index (χ4v) is 5.32. The molecule has 0 spiro atoms. The van der Waals surface area contributed by atoms with Gasteiger partial charge in [0, 0.05) is 21.1 Å². The third-order valence-electron chi connectivity index (χ3n) is 4.48. The van der Waals surface area contributed by atoms with Crippen molar-refractivity contribution < 1.29 is 9.53 Å². The van der Waals surface area contributed by atoms with E-state index in [2.05, 4.69) is 31.7 Å². The van der Waals surface area contributed by atoms with Crippen molar-refractivity contribution in [2.24, 2.45) is 0 Å². The number of anilines is 2. The molecule has 0 aliphatic heterocycles. The summed E-state index contributed by atoms with van der Waals surface area (Å²) in [6.07, 6.45) is 2.54. The maximum absolute atomic E-state index is 12.3. The second kappa shape index (κ2) is 10.3. The number of benzene rings is 1. The first kappa shape index (κ1) is 24.0. The summed E-state index contributed by atoms with van der Waals surface area (Å²) in [5.74, 6) is 0.142. The summed E-state index contributed by atoms with van der Waals surface area (Å²) in [4.78, 5) is 13.3. The second-order valence-electron chi connectivity index (χ2n) is 6.52. The van der Waals surface area contributed by atoms with E-state index < -0.39 is 5.97 Å². The minimum atomic E-state index is -0.392. The number of aromatic nitrogens is 2. The zero-order valence-electron chi connectivity index (χ0n) is 16.9. The van der Waals surface area contributed by atoms with E-state index in [1.807, 2.05) is 26.1 Å². The van der Waals surface area contributed by atoms with Gasteiger partial charge in [-0.1, -0.05) is 36.2 Å². The van der Waals surface area contributed by atoms with Crippen LogP contribution in [0.1, 0.15) is 33.3 Å². The zero-order chi connectivity index (χ0) is 22.7. The highest BCUT2D eigenvalue weighted by atomic mass is 79.9. The van der Waals surface area contributed by atoms with Gasteiger partial charge in [0.1, 0.15) is 5.00 Å². The molecule has 11 heteroatoms. The highest BCUT2D eigenvalue weighted by Gasteiger charge is 2.22.